The molecule has 1 atom stereocenters. The van der Waals surface area contributed by atoms with Gasteiger partial charge in [0, 0.05) is 6.61 Å². The van der Waals surface area contributed by atoms with Gasteiger partial charge in [0.1, 0.15) is 0 Å². The first kappa shape index (κ1) is 14.2. The maximum atomic E-state index is 8.97. The van der Waals surface area contributed by atoms with Gasteiger partial charge in [0.15, 0.2) is 0 Å². The van der Waals surface area contributed by atoms with Crippen LogP contribution in [0.25, 0.3) is 0 Å². The first-order valence-electron chi connectivity index (χ1n) is 6.72. The van der Waals surface area contributed by atoms with Crippen LogP contribution in [0.1, 0.15) is 31.7 Å². The minimum Gasteiger partial charge on any atom is -0.396 e. The van der Waals surface area contributed by atoms with Crippen molar-refractivity contribution in [2.24, 2.45) is 5.92 Å². The number of aliphatic hydroxyl groups is 1. The summed E-state index contributed by atoms with van der Waals surface area (Å²) >= 11 is 0. The topological polar surface area (TPSA) is 32.3 Å². The number of nitrogens with one attached hydrogen (secondary N) is 1. The van der Waals surface area contributed by atoms with Crippen LogP contribution in [-0.4, -0.2) is 24.8 Å². The van der Waals surface area contributed by atoms with Crippen molar-refractivity contribution in [2.45, 2.75) is 32.6 Å². The number of rotatable bonds is 9. The van der Waals surface area contributed by atoms with E-state index < -0.39 is 0 Å². The summed E-state index contributed by atoms with van der Waals surface area (Å²) in [5, 5.41) is 12.5. The van der Waals surface area contributed by atoms with Gasteiger partial charge in [0.25, 0.3) is 0 Å². The Morgan fingerprint density at radius 1 is 1.18 bits per heavy atom. The van der Waals surface area contributed by atoms with Gasteiger partial charge in [-0.25, -0.2) is 0 Å². The first-order chi connectivity index (χ1) is 8.36. The number of hydrogen-bond acceptors (Lipinski definition) is 2. The minimum atomic E-state index is 0.311. The lowest BCUT2D eigenvalue weighted by molar-refractivity contribution is 0.248. The van der Waals surface area contributed by atoms with E-state index in [-0.39, 0.29) is 0 Å². The highest BCUT2D eigenvalue weighted by Gasteiger charge is 2.05. The van der Waals surface area contributed by atoms with Crippen molar-refractivity contribution in [3.05, 3.63) is 35.9 Å². The summed E-state index contributed by atoms with van der Waals surface area (Å²) < 4.78 is 0. The van der Waals surface area contributed by atoms with Crippen molar-refractivity contribution in [1.82, 2.24) is 5.32 Å². The van der Waals surface area contributed by atoms with E-state index in [1.807, 2.05) is 0 Å². The van der Waals surface area contributed by atoms with E-state index in [0.717, 1.165) is 25.9 Å². The molecule has 2 heteroatoms. The van der Waals surface area contributed by atoms with Gasteiger partial charge in [0.2, 0.25) is 0 Å². The van der Waals surface area contributed by atoms with Gasteiger partial charge in [0.05, 0.1) is 0 Å². The Balaban J connectivity index is 2.13. The van der Waals surface area contributed by atoms with Crippen LogP contribution in [-0.2, 0) is 6.42 Å². The van der Waals surface area contributed by atoms with E-state index >= 15 is 0 Å². The van der Waals surface area contributed by atoms with Crippen LogP contribution in [0.3, 0.4) is 0 Å². The van der Waals surface area contributed by atoms with E-state index in [2.05, 4.69) is 42.6 Å². The molecule has 0 fully saturated rings. The normalized spacial score (nSPS) is 12.6. The minimum absolute atomic E-state index is 0.311. The number of hydrogen-bond donors (Lipinski definition) is 2. The number of benzene rings is 1. The van der Waals surface area contributed by atoms with Crippen LogP contribution in [0.2, 0.25) is 0 Å². The quantitative estimate of drug-likeness (QED) is 0.645. The van der Waals surface area contributed by atoms with Gasteiger partial charge >= 0.3 is 0 Å². The molecule has 1 unspecified atom stereocenters. The van der Waals surface area contributed by atoms with Crippen molar-refractivity contribution >= 4 is 0 Å². The Morgan fingerprint density at radius 3 is 2.59 bits per heavy atom. The van der Waals surface area contributed by atoms with E-state index in [0.29, 0.717) is 12.5 Å². The molecule has 0 amide bonds. The molecule has 0 spiro atoms. The lowest BCUT2D eigenvalue weighted by atomic mass is 10.0. The SMILES string of the molecule is CCCC(CCO)CNCCc1ccccc1. The Hall–Kier alpha value is -0.860. The average Bonchev–Trinajstić information content (AvgIpc) is 2.36. The third kappa shape index (κ3) is 6.44. The van der Waals surface area contributed by atoms with E-state index in [4.69, 9.17) is 5.11 Å². The largest absolute Gasteiger partial charge is 0.396 e. The van der Waals surface area contributed by atoms with Gasteiger partial charge in [-0.15, -0.1) is 0 Å². The van der Waals surface area contributed by atoms with E-state index in [1.165, 1.54) is 18.4 Å². The molecule has 0 heterocycles. The van der Waals surface area contributed by atoms with Crippen molar-refractivity contribution in [1.29, 1.82) is 0 Å². The fourth-order valence-corrected chi connectivity index (χ4v) is 2.12. The molecule has 0 aliphatic rings. The van der Waals surface area contributed by atoms with Crippen molar-refractivity contribution in [3.8, 4) is 0 Å². The Morgan fingerprint density at radius 2 is 1.94 bits per heavy atom. The highest BCUT2D eigenvalue weighted by Crippen LogP contribution is 2.09. The molecule has 1 aromatic carbocycles. The zero-order valence-electron chi connectivity index (χ0n) is 10.9. The van der Waals surface area contributed by atoms with Crippen molar-refractivity contribution in [3.63, 3.8) is 0 Å². The van der Waals surface area contributed by atoms with Crippen LogP contribution < -0.4 is 5.32 Å². The van der Waals surface area contributed by atoms with Crippen LogP contribution >= 0.6 is 0 Å². The number of aliphatic hydroxyl groups excluding tert-OH is 1. The summed E-state index contributed by atoms with van der Waals surface area (Å²) in [6, 6.07) is 10.6. The summed E-state index contributed by atoms with van der Waals surface area (Å²) in [6.45, 7) is 4.57. The lowest BCUT2D eigenvalue weighted by Gasteiger charge is -2.15. The molecule has 96 valence electrons. The molecule has 17 heavy (non-hydrogen) atoms. The summed E-state index contributed by atoms with van der Waals surface area (Å²) in [4.78, 5) is 0. The third-order valence-corrected chi connectivity index (χ3v) is 3.10. The second kappa shape index (κ2) is 9.20. The Bertz CT molecular complexity index is 268. The second-order valence-corrected chi connectivity index (χ2v) is 4.61. The summed E-state index contributed by atoms with van der Waals surface area (Å²) in [5.41, 5.74) is 1.38. The molecule has 0 bridgehead atoms. The van der Waals surface area contributed by atoms with Crippen LogP contribution in [0, 0.1) is 5.92 Å². The molecule has 0 radical (unpaired) electrons. The van der Waals surface area contributed by atoms with Gasteiger partial charge in [-0.05, 0) is 43.8 Å². The fourth-order valence-electron chi connectivity index (χ4n) is 2.12. The van der Waals surface area contributed by atoms with E-state index in [1.54, 1.807) is 0 Å². The molecule has 0 aliphatic carbocycles. The first-order valence-corrected chi connectivity index (χ1v) is 6.72. The predicted octanol–water partition coefficient (Wildman–Crippen LogP) is 2.62. The molecule has 2 nitrogen and oxygen atoms in total. The molecule has 0 aliphatic heterocycles. The standard InChI is InChI=1S/C15H25NO/c1-2-6-15(10-12-17)13-16-11-9-14-7-4-3-5-8-14/h3-5,7-8,15-17H,2,6,9-13H2,1H3. The highest BCUT2D eigenvalue weighted by atomic mass is 16.3. The molecule has 2 N–H and O–H groups in total. The average molecular weight is 235 g/mol. The van der Waals surface area contributed by atoms with Gasteiger partial charge in [-0.3, -0.25) is 0 Å². The van der Waals surface area contributed by atoms with Crippen molar-refractivity contribution in [2.75, 3.05) is 19.7 Å². The summed E-state index contributed by atoms with van der Waals surface area (Å²) in [5.74, 6) is 0.626. The molecule has 0 saturated carbocycles. The fraction of sp³-hybridized carbons (Fsp3) is 0.600. The van der Waals surface area contributed by atoms with Crippen LogP contribution in [0.5, 0.6) is 0 Å². The Labute approximate surface area is 105 Å². The van der Waals surface area contributed by atoms with Crippen LogP contribution in [0.4, 0.5) is 0 Å². The molecule has 0 aromatic heterocycles. The van der Waals surface area contributed by atoms with E-state index in [9.17, 15) is 0 Å². The molecular weight excluding hydrogens is 210 g/mol. The van der Waals surface area contributed by atoms with Gasteiger partial charge in [-0.2, -0.15) is 0 Å². The van der Waals surface area contributed by atoms with Crippen LogP contribution in [0.15, 0.2) is 30.3 Å². The lowest BCUT2D eigenvalue weighted by Crippen LogP contribution is -2.25. The monoisotopic (exact) mass is 235 g/mol. The van der Waals surface area contributed by atoms with Gasteiger partial charge < -0.3 is 10.4 Å². The maximum Gasteiger partial charge on any atom is 0.0434 e. The molecular formula is C15H25NO. The summed E-state index contributed by atoms with van der Waals surface area (Å²) in [7, 11) is 0. The highest BCUT2D eigenvalue weighted by molar-refractivity contribution is 5.14. The maximum absolute atomic E-state index is 8.97. The summed E-state index contributed by atoms with van der Waals surface area (Å²) in [6.07, 6.45) is 4.41. The molecule has 1 rings (SSSR count). The Kier molecular flexibility index (Phi) is 7.69. The zero-order valence-corrected chi connectivity index (χ0v) is 10.9. The molecule has 0 saturated heterocycles. The zero-order chi connectivity index (χ0) is 12.3. The molecule has 1 aromatic rings. The second-order valence-electron chi connectivity index (χ2n) is 4.61. The van der Waals surface area contributed by atoms with Gasteiger partial charge in [-0.1, -0.05) is 43.7 Å². The predicted molar refractivity (Wildman–Crippen MR) is 73.1 cm³/mol. The smallest absolute Gasteiger partial charge is 0.0434 e. The van der Waals surface area contributed by atoms with Crippen molar-refractivity contribution < 1.29 is 5.11 Å². The third-order valence-electron chi connectivity index (χ3n) is 3.10.